The number of hydrogen-bond donors (Lipinski definition) is 1. The van der Waals surface area contributed by atoms with Crippen LogP contribution in [0.25, 0.3) is 0 Å². The van der Waals surface area contributed by atoms with E-state index < -0.39 is 0 Å². The molecule has 0 bridgehead atoms. The average molecular weight is 265 g/mol. The van der Waals surface area contributed by atoms with Crippen LogP contribution in [0.5, 0.6) is 0 Å². The number of carbonyl (C=O) groups excluding carboxylic acids is 1. The van der Waals surface area contributed by atoms with Crippen LogP contribution in [0, 0.1) is 13.8 Å². The molecule has 1 amide bonds. The predicted octanol–water partition coefficient (Wildman–Crippen LogP) is 0.861. The van der Waals surface area contributed by atoms with E-state index in [4.69, 9.17) is 0 Å². The van der Waals surface area contributed by atoms with Crippen LogP contribution in [0.3, 0.4) is 0 Å². The maximum absolute atomic E-state index is 11.9. The van der Waals surface area contributed by atoms with E-state index in [-0.39, 0.29) is 5.91 Å². The summed E-state index contributed by atoms with van der Waals surface area (Å²) in [4.78, 5) is 16.0. The van der Waals surface area contributed by atoms with E-state index in [1.54, 1.807) is 22.2 Å². The van der Waals surface area contributed by atoms with Crippen LogP contribution in [0.2, 0.25) is 0 Å². The molecule has 0 aliphatic heterocycles. The van der Waals surface area contributed by atoms with Gasteiger partial charge in [0.05, 0.1) is 12.0 Å². The van der Waals surface area contributed by atoms with Gasteiger partial charge >= 0.3 is 0 Å². The lowest BCUT2D eigenvalue weighted by atomic mass is 10.3. The van der Waals surface area contributed by atoms with Crippen LogP contribution in [-0.4, -0.2) is 32.2 Å². The van der Waals surface area contributed by atoms with E-state index in [2.05, 4.69) is 20.5 Å². The third kappa shape index (κ3) is 2.73. The van der Waals surface area contributed by atoms with Crippen molar-refractivity contribution in [3.63, 3.8) is 0 Å². The van der Waals surface area contributed by atoms with E-state index in [0.29, 0.717) is 18.7 Å². The summed E-state index contributed by atoms with van der Waals surface area (Å²) in [6.45, 7) is 4.29. The number of imidazole rings is 1. The molecule has 2 aromatic heterocycles. The summed E-state index contributed by atoms with van der Waals surface area (Å²) in [7, 11) is 1.81. The lowest BCUT2D eigenvalue weighted by molar-refractivity contribution is 0.0945. The van der Waals surface area contributed by atoms with E-state index in [1.165, 1.54) is 0 Å². The Labute approximate surface area is 109 Å². The fourth-order valence-corrected chi connectivity index (χ4v) is 2.39. The first-order valence-corrected chi connectivity index (χ1v) is 6.44. The van der Waals surface area contributed by atoms with Gasteiger partial charge in [-0.2, -0.15) is 0 Å². The minimum absolute atomic E-state index is 0.103. The Kier molecular flexibility index (Phi) is 3.71. The number of hydrogen-bond acceptors (Lipinski definition) is 5. The zero-order chi connectivity index (χ0) is 13.1. The summed E-state index contributed by atoms with van der Waals surface area (Å²) in [5.74, 6) is -0.103. The number of aryl methyl sites for hydroxylation is 3. The second kappa shape index (κ2) is 5.26. The molecule has 1 N–H and O–H groups in total. The van der Waals surface area contributed by atoms with Gasteiger partial charge in [0.1, 0.15) is 15.7 Å². The summed E-state index contributed by atoms with van der Waals surface area (Å²) in [5, 5.41) is 12.7. The van der Waals surface area contributed by atoms with Crippen LogP contribution in [0.4, 0.5) is 0 Å². The highest BCUT2D eigenvalue weighted by atomic mass is 32.1. The zero-order valence-electron chi connectivity index (χ0n) is 10.6. The maximum Gasteiger partial charge on any atom is 0.269 e. The second-order valence-corrected chi connectivity index (χ2v) is 5.28. The van der Waals surface area contributed by atoms with E-state index in [9.17, 15) is 4.79 Å². The number of aromatic nitrogens is 4. The molecule has 0 fully saturated rings. The van der Waals surface area contributed by atoms with Gasteiger partial charge < -0.3 is 9.88 Å². The molecular weight excluding hydrogens is 250 g/mol. The number of nitrogens with one attached hydrogen (secondary N) is 1. The molecule has 18 heavy (non-hydrogen) atoms. The fourth-order valence-electron chi connectivity index (χ4n) is 1.68. The van der Waals surface area contributed by atoms with Gasteiger partial charge in [-0.05, 0) is 13.8 Å². The van der Waals surface area contributed by atoms with Gasteiger partial charge in [-0.15, -0.1) is 21.5 Å². The molecular formula is C11H15N5OS. The standard InChI is InChI=1S/C11H15N5OS/c1-7-10(16(3)6-13-7)11(17)12-5-4-9-15-14-8(2)18-9/h6H,4-5H2,1-3H3,(H,12,17). The van der Waals surface area contributed by atoms with E-state index >= 15 is 0 Å². The van der Waals surface area contributed by atoms with E-state index in [1.807, 2.05) is 20.9 Å². The molecule has 96 valence electrons. The quantitative estimate of drug-likeness (QED) is 0.890. The third-order valence-corrected chi connectivity index (χ3v) is 3.43. The largest absolute Gasteiger partial charge is 0.350 e. The topological polar surface area (TPSA) is 72.7 Å². The van der Waals surface area contributed by atoms with Gasteiger partial charge in [0.2, 0.25) is 0 Å². The van der Waals surface area contributed by atoms with Gasteiger partial charge in [-0.1, -0.05) is 0 Å². The van der Waals surface area contributed by atoms with Gasteiger partial charge in [0.25, 0.3) is 5.91 Å². The van der Waals surface area contributed by atoms with Gasteiger partial charge in [-0.3, -0.25) is 4.79 Å². The molecule has 0 radical (unpaired) electrons. The van der Waals surface area contributed by atoms with Crippen molar-refractivity contribution in [1.29, 1.82) is 0 Å². The van der Waals surface area contributed by atoms with Crippen molar-refractivity contribution in [3.05, 3.63) is 27.7 Å². The van der Waals surface area contributed by atoms with Crippen molar-refractivity contribution < 1.29 is 4.79 Å². The average Bonchev–Trinajstić information content (AvgIpc) is 2.86. The van der Waals surface area contributed by atoms with Crippen molar-refractivity contribution in [3.8, 4) is 0 Å². The Balaban J connectivity index is 1.89. The highest BCUT2D eigenvalue weighted by Crippen LogP contribution is 2.08. The Hall–Kier alpha value is -1.76. The monoisotopic (exact) mass is 265 g/mol. The van der Waals surface area contributed by atoms with E-state index in [0.717, 1.165) is 15.7 Å². The Bertz CT molecular complexity index is 540. The number of carbonyl (C=O) groups is 1. The lowest BCUT2D eigenvalue weighted by Crippen LogP contribution is -2.28. The van der Waals surface area contributed by atoms with Crippen LogP contribution < -0.4 is 5.32 Å². The summed E-state index contributed by atoms with van der Waals surface area (Å²) in [6, 6.07) is 0. The van der Waals surface area contributed by atoms with Crippen molar-refractivity contribution in [2.75, 3.05) is 6.54 Å². The molecule has 0 atom stereocenters. The molecule has 6 nitrogen and oxygen atoms in total. The smallest absolute Gasteiger partial charge is 0.269 e. The summed E-state index contributed by atoms with van der Waals surface area (Å²) in [5.41, 5.74) is 1.34. The molecule has 0 saturated carbocycles. The normalized spacial score (nSPS) is 10.6. The van der Waals surface area contributed by atoms with Crippen LogP contribution >= 0.6 is 11.3 Å². The number of nitrogens with zero attached hydrogens (tertiary/aromatic N) is 4. The zero-order valence-corrected chi connectivity index (χ0v) is 11.4. The minimum atomic E-state index is -0.103. The SMILES string of the molecule is Cc1nnc(CCNC(=O)c2c(C)ncn2C)s1. The molecule has 0 spiro atoms. The van der Waals surface area contributed by atoms with Crippen LogP contribution in [-0.2, 0) is 13.5 Å². The first-order chi connectivity index (χ1) is 8.58. The highest BCUT2D eigenvalue weighted by molar-refractivity contribution is 7.11. The molecule has 2 heterocycles. The van der Waals surface area contributed by atoms with Gasteiger partial charge in [-0.25, -0.2) is 4.98 Å². The number of rotatable bonds is 4. The molecule has 2 rings (SSSR count). The predicted molar refractivity (Wildman–Crippen MR) is 68.6 cm³/mol. The van der Waals surface area contributed by atoms with Crippen molar-refractivity contribution in [2.45, 2.75) is 20.3 Å². The first kappa shape index (κ1) is 12.7. The lowest BCUT2D eigenvalue weighted by Gasteiger charge is -2.05. The number of amides is 1. The Morgan fingerprint density at radius 3 is 2.78 bits per heavy atom. The van der Waals surface area contributed by atoms with Crippen molar-refractivity contribution in [2.24, 2.45) is 7.05 Å². The fraction of sp³-hybridized carbons (Fsp3) is 0.455. The van der Waals surface area contributed by atoms with Gasteiger partial charge in [0, 0.05) is 20.0 Å². The Morgan fingerprint density at radius 1 is 1.44 bits per heavy atom. The maximum atomic E-state index is 11.9. The minimum Gasteiger partial charge on any atom is -0.350 e. The summed E-state index contributed by atoms with van der Waals surface area (Å²) < 4.78 is 1.72. The molecule has 2 aromatic rings. The van der Waals surface area contributed by atoms with Crippen molar-refractivity contribution in [1.82, 2.24) is 25.1 Å². The van der Waals surface area contributed by atoms with Crippen molar-refractivity contribution >= 4 is 17.2 Å². The molecule has 0 aliphatic carbocycles. The highest BCUT2D eigenvalue weighted by Gasteiger charge is 2.13. The molecule has 0 saturated heterocycles. The van der Waals surface area contributed by atoms with Crippen LogP contribution in [0.15, 0.2) is 6.33 Å². The Morgan fingerprint density at radius 2 is 2.22 bits per heavy atom. The molecule has 0 aliphatic rings. The summed E-state index contributed by atoms with van der Waals surface area (Å²) >= 11 is 1.55. The molecule has 7 heteroatoms. The van der Waals surface area contributed by atoms with Crippen LogP contribution in [0.1, 0.15) is 26.2 Å². The van der Waals surface area contributed by atoms with Gasteiger partial charge in [0.15, 0.2) is 0 Å². The molecule has 0 aromatic carbocycles. The summed E-state index contributed by atoms with van der Waals surface area (Å²) in [6.07, 6.45) is 2.34. The second-order valence-electron chi connectivity index (χ2n) is 4.01. The molecule has 0 unspecified atom stereocenters. The first-order valence-electron chi connectivity index (χ1n) is 5.63. The third-order valence-electron chi connectivity index (χ3n) is 2.53.